The van der Waals surface area contributed by atoms with Crippen LogP contribution >= 0.6 is 11.6 Å². The maximum atomic E-state index is 5.86. The molecule has 1 aromatic carbocycles. The summed E-state index contributed by atoms with van der Waals surface area (Å²) in [6.07, 6.45) is 1.63. The van der Waals surface area contributed by atoms with Gasteiger partial charge in [0.05, 0.1) is 0 Å². The van der Waals surface area contributed by atoms with Crippen LogP contribution in [0.15, 0.2) is 24.3 Å². The molecule has 3 nitrogen and oxygen atoms in total. The summed E-state index contributed by atoms with van der Waals surface area (Å²) < 4.78 is 0. The molecule has 0 saturated carbocycles. The van der Waals surface area contributed by atoms with Gasteiger partial charge in [-0.25, -0.2) is 15.0 Å². The van der Waals surface area contributed by atoms with Crippen molar-refractivity contribution in [1.29, 1.82) is 0 Å². The van der Waals surface area contributed by atoms with Gasteiger partial charge in [-0.2, -0.15) is 0 Å². The number of hydrogen-bond donors (Lipinski definition) is 0. The molecular formula is C13H14ClN3. The lowest BCUT2D eigenvalue weighted by atomic mass is 10.2. The third-order valence-electron chi connectivity index (χ3n) is 2.46. The summed E-state index contributed by atoms with van der Waals surface area (Å²) in [7, 11) is 0. The number of rotatable bonds is 3. The molecule has 1 aromatic heterocycles. The average Bonchev–Trinajstić information content (AvgIpc) is 2.39. The number of aromatic nitrogens is 3. The van der Waals surface area contributed by atoms with Crippen molar-refractivity contribution < 1.29 is 0 Å². The summed E-state index contributed by atoms with van der Waals surface area (Å²) in [5, 5.41) is 0.717. The summed E-state index contributed by atoms with van der Waals surface area (Å²) in [6.45, 7) is 4.08. The molecule has 0 spiro atoms. The van der Waals surface area contributed by atoms with Crippen molar-refractivity contribution in [2.45, 2.75) is 26.7 Å². The van der Waals surface area contributed by atoms with E-state index in [1.807, 2.05) is 38.1 Å². The summed E-state index contributed by atoms with van der Waals surface area (Å²) in [4.78, 5) is 13.2. The predicted molar refractivity (Wildman–Crippen MR) is 69.0 cm³/mol. The lowest BCUT2D eigenvalue weighted by molar-refractivity contribution is 0.831. The minimum Gasteiger partial charge on any atom is -0.218 e. The Bertz CT molecular complexity index is 486. The Labute approximate surface area is 106 Å². The van der Waals surface area contributed by atoms with E-state index in [9.17, 15) is 0 Å². The van der Waals surface area contributed by atoms with Crippen molar-refractivity contribution in [3.05, 3.63) is 40.9 Å². The molecule has 0 saturated heterocycles. The maximum Gasteiger partial charge on any atom is 0.163 e. The van der Waals surface area contributed by atoms with Crippen LogP contribution in [0.3, 0.4) is 0 Å². The second-order valence-electron chi connectivity index (χ2n) is 3.71. The lowest BCUT2D eigenvalue weighted by Gasteiger charge is -2.05. The van der Waals surface area contributed by atoms with Crippen LogP contribution in [0.4, 0.5) is 0 Å². The molecule has 0 amide bonds. The number of halogens is 1. The molecule has 0 radical (unpaired) electrons. The summed E-state index contributed by atoms with van der Waals surface area (Å²) in [5.41, 5.74) is 0.973. The van der Waals surface area contributed by atoms with Gasteiger partial charge in [-0.15, -0.1) is 0 Å². The molecule has 17 heavy (non-hydrogen) atoms. The predicted octanol–water partition coefficient (Wildman–Crippen LogP) is 3.32. The van der Waals surface area contributed by atoms with Gasteiger partial charge in [0.1, 0.15) is 11.6 Å². The average molecular weight is 248 g/mol. The lowest BCUT2D eigenvalue weighted by Crippen LogP contribution is -2.03. The topological polar surface area (TPSA) is 38.7 Å². The highest BCUT2D eigenvalue weighted by Gasteiger charge is 2.06. The fraction of sp³-hybridized carbons (Fsp3) is 0.308. The van der Waals surface area contributed by atoms with Crippen molar-refractivity contribution in [2.24, 2.45) is 0 Å². The monoisotopic (exact) mass is 247 g/mol. The van der Waals surface area contributed by atoms with Gasteiger partial charge in [0, 0.05) is 23.4 Å². The van der Waals surface area contributed by atoms with E-state index in [1.165, 1.54) is 0 Å². The third-order valence-corrected chi connectivity index (χ3v) is 2.71. The Morgan fingerprint density at radius 1 is 0.882 bits per heavy atom. The van der Waals surface area contributed by atoms with Gasteiger partial charge in [0.15, 0.2) is 5.82 Å². The summed E-state index contributed by atoms with van der Waals surface area (Å²) in [6, 6.07) is 7.54. The van der Waals surface area contributed by atoms with E-state index in [4.69, 9.17) is 11.6 Å². The van der Waals surface area contributed by atoms with E-state index in [-0.39, 0.29) is 0 Å². The highest BCUT2D eigenvalue weighted by molar-refractivity contribution is 6.30. The zero-order valence-electron chi connectivity index (χ0n) is 9.94. The summed E-state index contributed by atoms with van der Waals surface area (Å²) >= 11 is 5.86. The van der Waals surface area contributed by atoms with Crippen molar-refractivity contribution in [1.82, 2.24) is 15.0 Å². The van der Waals surface area contributed by atoms with Crippen LogP contribution in [0.2, 0.25) is 5.02 Å². The molecule has 88 valence electrons. The van der Waals surface area contributed by atoms with E-state index in [0.29, 0.717) is 5.02 Å². The van der Waals surface area contributed by atoms with Crippen LogP contribution in [0.25, 0.3) is 11.4 Å². The van der Waals surface area contributed by atoms with Gasteiger partial charge in [-0.1, -0.05) is 25.4 Å². The molecule has 0 bridgehead atoms. The van der Waals surface area contributed by atoms with E-state index < -0.39 is 0 Å². The van der Waals surface area contributed by atoms with Crippen molar-refractivity contribution in [2.75, 3.05) is 0 Å². The molecule has 0 unspecified atom stereocenters. The van der Waals surface area contributed by atoms with Crippen LogP contribution in [-0.4, -0.2) is 15.0 Å². The molecule has 0 N–H and O–H groups in total. The molecule has 0 aliphatic heterocycles. The second kappa shape index (κ2) is 5.23. The first-order valence-electron chi connectivity index (χ1n) is 5.72. The Morgan fingerprint density at radius 3 is 1.88 bits per heavy atom. The first kappa shape index (κ1) is 12.0. The SMILES string of the molecule is CCc1nc(CC)nc(-c2ccc(Cl)cc2)n1. The van der Waals surface area contributed by atoms with Crippen LogP contribution < -0.4 is 0 Å². The zero-order chi connectivity index (χ0) is 12.3. The van der Waals surface area contributed by atoms with E-state index >= 15 is 0 Å². The standard InChI is InChI=1S/C13H14ClN3/c1-3-11-15-12(4-2)17-13(16-11)9-5-7-10(14)8-6-9/h5-8H,3-4H2,1-2H3. The molecule has 0 aliphatic rings. The van der Waals surface area contributed by atoms with Gasteiger partial charge in [-0.3, -0.25) is 0 Å². The molecule has 2 aromatic rings. The highest BCUT2D eigenvalue weighted by Crippen LogP contribution is 2.18. The van der Waals surface area contributed by atoms with Gasteiger partial charge in [0.2, 0.25) is 0 Å². The summed E-state index contributed by atoms with van der Waals surface area (Å²) in [5.74, 6) is 2.40. The van der Waals surface area contributed by atoms with Crippen molar-refractivity contribution in [3.8, 4) is 11.4 Å². The first-order chi connectivity index (χ1) is 8.22. The first-order valence-corrected chi connectivity index (χ1v) is 6.10. The highest BCUT2D eigenvalue weighted by atomic mass is 35.5. The number of benzene rings is 1. The van der Waals surface area contributed by atoms with Crippen molar-refractivity contribution in [3.63, 3.8) is 0 Å². The minimum absolute atomic E-state index is 0.717. The Balaban J connectivity index is 2.46. The van der Waals surface area contributed by atoms with Gasteiger partial charge >= 0.3 is 0 Å². The molecule has 0 aliphatic carbocycles. The van der Waals surface area contributed by atoms with Gasteiger partial charge in [0.25, 0.3) is 0 Å². The number of aryl methyl sites for hydroxylation is 2. The minimum atomic E-state index is 0.717. The van der Waals surface area contributed by atoms with Crippen LogP contribution in [-0.2, 0) is 12.8 Å². The number of nitrogens with zero attached hydrogens (tertiary/aromatic N) is 3. The molecule has 2 rings (SSSR count). The fourth-order valence-corrected chi connectivity index (χ4v) is 1.64. The van der Waals surface area contributed by atoms with E-state index in [1.54, 1.807) is 0 Å². The molecule has 4 heteroatoms. The number of hydrogen-bond acceptors (Lipinski definition) is 3. The third kappa shape index (κ3) is 2.80. The maximum absolute atomic E-state index is 5.86. The van der Waals surface area contributed by atoms with Crippen molar-refractivity contribution >= 4 is 11.6 Å². The Morgan fingerprint density at radius 2 is 1.41 bits per heavy atom. The van der Waals surface area contributed by atoms with Crippen LogP contribution in [0.1, 0.15) is 25.5 Å². The van der Waals surface area contributed by atoms with Gasteiger partial charge < -0.3 is 0 Å². The van der Waals surface area contributed by atoms with E-state index in [0.717, 1.165) is 35.9 Å². The normalized spacial score (nSPS) is 10.5. The zero-order valence-corrected chi connectivity index (χ0v) is 10.7. The quantitative estimate of drug-likeness (QED) is 0.835. The molecule has 0 fully saturated rings. The largest absolute Gasteiger partial charge is 0.218 e. The van der Waals surface area contributed by atoms with Crippen LogP contribution in [0, 0.1) is 0 Å². The Hall–Kier alpha value is -1.48. The fourth-order valence-electron chi connectivity index (χ4n) is 1.51. The van der Waals surface area contributed by atoms with Crippen LogP contribution in [0.5, 0.6) is 0 Å². The second-order valence-corrected chi connectivity index (χ2v) is 4.14. The van der Waals surface area contributed by atoms with E-state index in [2.05, 4.69) is 15.0 Å². The smallest absolute Gasteiger partial charge is 0.163 e. The Kier molecular flexibility index (Phi) is 3.69. The molecule has 1 heterocycles. The molecular weight excluding hydrogens is 234 g/mol. The van der Waals surface area contributed by atoms with Gasteiger partial charge in [-0.05, 0) is 24.3 Å². The molecule has 0 atom stereocenters.